The van der Waals surface area contributed by atoms with E-state index < -0.39 is 5.72 Å². The summed E-state index contributed by atoms with van der Waals surface area (Å²) in [6, 6.07) is 7.36. The zero-order valence-corrected chi connectivity index (χ0v) is 14.4. The number of para-hydroxylation sites is 1. The lowest BCUT2D eigenvalue weighted by molar-refractivity contribution is -0.146. The summed E-state index contributed by atoms with van der Waals surface area (Å²) >= 11 is 0. The molecule has 3 fully saturated rings. The molecule has 2 N–H and O–H groups in total. The summed E-state index contributed by atoms with van der Waals surface area (Å²) in [5.41, 5.74) is -0.0686. The van der Waals surface area contributed by atoms with E-state index in [2.05, 4.69) is 10.6 Å². The molecule has 1 heterocycles. The number of hydrogen-bond donors (Lipinski definition) is 2. The van der Waals surface area contributed by atoms with Crippen LogP contribution in [0.2, 0.25) is 0 Å². The molecule has 6 nitrogen and oxygen atoms in total. The van der Waals surface area contributed by atoms with Crippen LogP contribution in [0.5, 0.6) is 5.75 Å². The van der Waals surface area contributed by atoms with Gasteiger partial charge < -0.3 is 20.1 Å². The summed E-state index contributed by atoms with van der Waals surface area (Å²) in [4.78, 5) is 25.0. The predicted octanol–water partition coefficient (Wildman–Crippen LogP) is 1.70. The van der Waals surface area contributed by atoms with Crippen molar-refractivity contribution >= 4 is 11.8 Å². The Balaban J connectivity index is 1.51. The van der Waals surface area contributed by atoms with Crippen molar-refractivity contribution in [3.8, 4) is 5.75 Å². The molecule has 4 aliphatic rings. The SMILES string of the molecule is COCCNC(=O)[C@@H]1C[C@H]2CC[C@H]1C[C@@]21NC(=O)c2ccccc2O1. The number of hydrogen-bond acceptors (Lipinski definition) is 4. The van der Waals surface area contributed by atoms with Gasteiger partial charge in [-0.2, -0.15) is 0 Å². The molecule has 6 heteroatoms. The maximum atomic E-state index is 12.5. The average molecular weight is 344 g/mol. The number of ether oxygens (including phenoxy) is 2. The molecule has 0 saturated heterocycles. The van der Waals surface area contributed by atoms with E-state index in [0.717, 1.165) is 19.3 Å². The number of amides is 2. The number of methoxy groups -OCH3 is 1. The Kier molecular flexibility index (Phi) is 4.15. The second-order valence-electron chi connectivity index (χ2n) is 7.31. The van der Waals surface area contributed by atoms with E-state index in [-0.39, 0.29) is 29.6 Å². The second-order valence-corrected chi connectivity index (χ2v) is 7.31. The molecule has 1 spiro atoms. The molecule has 0 radical (unpaired) electrons. The summed E-state index contributed by atoms with van der Waals surface area (Å²) in [5, 5.41) is 6.08. The minimum Gasteiger partial charge on any atom is -0.467 e. The Bertz CT molecular complexity index is 692. The van der Waals surface area contributed by atoms with E-state index in [1.807, 2.05) is 18.2 Å². The molecular formula is C19H24N2O4. The Morgan fingerprint density at radius 3 is 3.00 bits per heavy atom. The van der Waals surface area contributed by atoms with Crippen molar-refractivity contribution in [3.05, 3.63) is 29.8 Å². The van der Waals surface area contributed by atoms with Crippen LogP contribution in [0.3, 0.4) is 0 Å². The average Bonchev–Trinajstić information content (AvgIpc) is 2.62. The standard InChI is InChI=1S/C19H24N2O4/c1-24-9-8-20-17(22)15-10-13-7-6-12(15)11-19(13)21-18(23)14-4-2-3-5-16(14)25-19/h2-5,12-13,15H,6-11H2,1H3,(H,20,22)(H,21,23)/t12-,13+,15+,19-/m0/s1. The van der Waals surface area contributed by atoms with Crippen LogP contribution in [0.4, 0.5) is 0 Å². The fourth-order valence-electron chi connectivity index (χ4n) is 4.69. The zero-order valence-electron chi connectivity index (χ0n) is 14.4. The van der Waals surface area contributed by atoms with Crippen molar-refractivity contribution in [1.29, 1.82) is 0 Å². The number of carbonyl (C=O) groups excluding carboxylic acids is 2. The highest BCUT2D eigenvalue weighted by Crippen LogP contribution is 2.52. The zero-order chi connectivity index (χ0) is 17.4. The van der Waals surface area contributed by atoms with E-state index in [1.165, 1.54) is 0 Å². The van der Waals surface area contributed by atoms with Gasteiger partial charge in [-0.15, -0.1) is 0 Å². The number of nitrogens with one attached hydrogen (secondary N) is 2. The van der Waals surface area contributed by atoms with Crippen LogP contribution < -0.4 is 15.4 Å². The number of rotatable bonds is 4. The van der Waals surface area contributed by atoms with Gasteiger partial charge >= 0.3 is 0 Å². The van der Waals surface area contributed by atoms with Gasteiger partial charge in [0.05, 0.1) is 12.2 Å². The van der Waals surface area contributed by atoms with Crippen LogP contribution in [-0.4, -0.2) is 37.8 Å². The highest BCUT2D eigenvalue weighted by Gasteiger charge is 2.57. The molecular weight excluding hydrogens is 320 g/mol. The van der Waals surface area contributed by atoms with E-state index in [0.29, 0.717) is 30.9 Å². The quantitative estimate of drug-likeness (QED) is 0.815. The lowest BCUT2D eigenvalue weighted by atomic mass is 9.60. The monoisotopic (exact) mass is 344 g/mol. The van der Waals surface area contributed by atoms with Crippen molar-refractivity contribution < 1.29 is 19.1 Å². The molecule has 0 unspecified atom stereocenters. The van der Waals surface area contributed by atoms with Gasteiger partial charge in [0.1, 0.15) is 5.75 Å². The van der Waals surface area contributed by atoms with Gasteiger partial charge in [0.15, 0.2) is 5.72 Å². The van der Waals surface area contributed by atoms with Crippen LogP contribution in [0, 0.1) is 17.8 Å². The van der Waals surface area contributed by atoms with E-state index in [4.69, 9.17) is 9.47 Å². The molecule has 1 aliphatic heterocycles. The third-order valence-corrected chi connectivity index (χ3v) is 5.91. The number of carbonyl (C=O) groups is 2. The minimum atomic E-state index is -0.655. The van der Waals surface area contributed by atoms with Gasteiger partial charge in [-0.05, 0) is 37.3 Å². The maximum absolute atomic E-state index is 12.5. The maximum Gasteiger partial charge on any atom is 0.258 e. The topological polar surface area (TPSA) is 76.7 Å². The molecule has 3 aliphatic carbocycles. The molecule has 0 aromatic heterocycles. The van der Waals surface area contributed by atoms with Gasteiger partial charge in [-0.3, -0.25) is 9.59 Å². The molecule has 134 valence electrons. The number of benzene rings is 1. The molecule has 4 atom stereocenters. The van der Waals surface area contributed by atoms with Gasteiger partial charge in [-0.1, -0.05) is 12.1 Å². The van der Waals surface area contributed by atoms with Crippen molar-refractivity contribution in [3.63, 3.8) is 0 Å². The van der Waals surface area contributed by atoms with Crippen molar-refractivity contribution in [2.24, 2.45) is 17.8 Å². The molecule has 2 bridgehead atoms. The minimum absolute atomic E-state index is 0.00102. The third kappa shape index (κ3) is 2.78. The van der Waals surface area contributed by atoms with E-state index in [9.17, 15) is 9.59 Å². The third-order valence-electron chi connectivity index (χ3n) is 5.91. The fraction of sp³-hybridized carbons (Fsp3) is 0.579. The first-order valence-electron chi connectivity index (χ1n) is 9.00. The van der Waals surface area contributed by atoms with Crippen molar-refractivity contribution in [2.45, 2.75) is 31.4 Å². The van der Waals surface area contributed by atoms with Gasteiger partial charge in [0.25, 0.3) is 5.91 Å². The van der Waals surface area contributed by atoms with Crippen molar-refractivity contribution in [1.82, 2.24) is 10.6 Å². The van der Waals surface area contributed by atoms with Crippen molar-refractivity contribution in [2.75, 3.05) is 20.3 Å². The fourth-order valence-corrected chi connectivity index (χ4v) is 4.69. The van der Waals surface area contributed by atoms with Crippen LogP contribution >= 0.6 is 0 Å². The highest BCUT2D eigenvalue weighted by molar-refractivity contribution is 5.98. The summed E-state index contributed by atoms with van der Waals surface area (Å²) in [5.74, 6) is 1.07. The summed E-state index contributed by atoms with van der Waals surface area (Å²) in [6.07, 6.45) is 3.44. The van der Waals surface area contributed by atoms with Crippen LogP contribution in [0.25, 0.3) is 0 Å². The Labute approximate surface area is 147 Å². The highest BCUT2D eigenvalue weighted by atomic mass is 16.5. The van der Waals surface area contributed by atoms with Crippen LogP contribution in [0.15, 0.2) is 24.3 Å². The molecule has 1 aromatic rings. The molecule has 1 aromatic carbocycles. The molecule has 3 saturated carbocycles. The van der Waals surface area contributed by atoms with Gasteiger partial charge in [-0.25, -0.2) is 0 Å². The lowest BCUT2D eigenvalue weighted by Crippen LogP contribution is -2.67. The molecule has 5 rings (SSSR count). The van der Waals surface area contributed by atoms with Crippen LogP contribution in [0.1, 0.15) is 36.0 Å². The molecule has 2 amide bonds. The molecule has 25 heavy (non-hydrogen) atoms. The van der Waals surface area contributed by atoms with Gasteiger partial charge in [0, 0.05) is 31.9 Å². The Hall–Kier alpha value is -2.08. The van der Waals surface area contributed by atoms with E-state index >= 15 is 0 Å². The van der Waals surface area contributed by atoms with Crippen LogP contribution in [-0.2, 0) is 9.53 Å². The summed E-state index contributed by atoms with van der Waals surface area (Å²) in [6.45, 7) is 1.06. The first kappa shape index (κ1) is 16.4. The lowest BCUT2D eigenvalue weighted by Gasteiger charge is -2.55. The first-order chi connectivity index (χ1) is 12.1. The van der Waals surface area contributed by atoms with Gasteiger partial charge in [0.2, 0.25) is 5.91 Å². The second kappa shape index (κ2) is 6.33. The normalized spacial score (nSPS) is 32.7. The summed E-state index contributed by atoms with van der Waals surface area (Å²) in [7, 11) is 1.62. The van der Waals surface area contributed by atoms with E-state index in [1.54, 1.807) is 13.2 Å². The Morgan fingerprint density at radius 2 is 2.24 bits per heavy atom. The first-order valence-corrected chi connectivity index (χ1v) is 9.00. The number of fused-ring (bicyclic) bond motifs is 3. The smallest absolute Gasteiger partial charge is 0.258 e. The predicted molar refractivity (Wildman–Crippen MR) is 91.1 cm³/mol. The summed E-state index contributed by atoms with van der Waals surface area (Å²) < 4.78 is 11.3. The largest absolute Gasteiger partial charge is 0.467 e. The Morgan fingerprint density at radius 1 is 1.40 bits per heavy atom.